The molecule has 3 nitrogen and oxygen atoms in total. The molecule has 1 aromatic heterocycles. The molecule has 24 heavy (non-hydrogen) atoms. The molecule has 0 unspecified atom stereocenters. The first-order valence-electron chi connectivity index (χ1n) is 7.54. The number of halogens is 1. The molecule has 3 rings (SSSR count). The van der Waals surface area contributed by atoms with Crippen molar-refractivity contribution < 1.29 is 0 Å². The number of hydrogen-bond donors (Lipinski definition) is 1. The van der Waals surface area contributed by atoms with Gasteiger partial charge in [-0.3, -0.25) is 0 Å². The summed E-state index contributed by atoms with van der Waals surface area (Å²) in [6.07, 6.45) is 0. The fourth-order valence-corrected chi connectivity index (χ4v) is 2.82. The van der Waals surface area contributed by atoms with Crippen molar-refractivity contribution in [2.75, 3.05) is 5.73 Å². The highest BCUT2D eigenvalue weighted by molar-refractivity contribution is 6.30. The SMILES string of the molecule is Cc1ccc(C)c(-c2cc(-c3ccc(Cl)cc3)nc(N)c2C#N)c1. The molecule has 0 radical (unpaired) electrons. The van der Waals surface area contributed by atoms with Gasteiger partial charge in [0.05, 0.1) is 5.69 Å². The minimum Gasteiger partial charge on any atom is -0.383 e. The number of nitrogens with two attached hydrogens (primary N) is 1. The van der Waals surface area contributed by atoms with Crippen LogP contribution in [0.1, 0.15) is 16.7 Å². The lowest BCUT2D eigenvalue weighted by Crippen LogP contribution is -2.00. The fraction of sp³-hybridized carbons (Fsp3) is 0.100. The molecule has 0 aliphatic carbocycles. The van der Waals surface area contributed by atoms with Crippen LogP contribution in [0.4, 0.5) is 5.82 Å². The number of pyridine rings is 1. The van der Waals surface area contributed by atoms with E-state index in [4.69, 9.17) is 17.3 Å². The average Bonchev–Trinajstić information content (AvgIpc) is 2.57. The Hall–Kier alpha value is -2.83. The normalized spacial score (nSPS) is 10.4. The second-order valence-corrected chi connectivity index (χ2v) is 6.19. The predicted molar refractivity (Wildman–Crippen MR) is 98.7 cm³/mol. The lowest BCUT2D eigenvalue weighted by atomic mass is 9.94. The van der Waals surface area contributed by atoms with Crippen molar-refractivity contribution >= 4 is 17.4 Å². The summed E-state index contributed by atoms with van der Waals surface area (Å²) in [4.78, 5) is 4.39. The highest BCUT2D eigenvalue weighted by Crippen LogP contribution is 2.33. The van der Waals surface area contributed by atoms with Crippen LogP contribution in [0.3, 0.4) is 0 Å². The van der Waals surface area contributed by atoms with E-state index in [1.165, 1.54) is 0 Å². The molecule has 3 aromatic rings. The number of benzene rings is 2. The molecule has 0 saturated heterocycles. The van der Waals surface area contributed by atoms with E-state index >= 15 is 0 Å². The third-order valence-corrected chi connectivity index (χ3v) is 4.23. The molecule has 0 spiro atoms. The first-order chi connectivity index (χ1) is 11.5. The zero-order chi connectivity index (χ0) is 17.3. The molecule has 2 N–H and O–H groups in total. The van der Waals surface area contributed by atoms with E-state index < -0.39 is 0 Å². The Morgan fingerprint density at radius 1 is 1.00 bits per heavy atom. The smallest absolute Gasteiger partial charge is 0.142 e. The van der Waals surface area contributed by atoms with Gasteiger partial charge in [0.25, 0.3) is 0 Å². The van der Waals surface area contributed by atoms with E-state index in [9.17, 15) is 5.26 Å². The number of hydrogen-bond acceptors (Lipinski definition) is 3. The van der Waals surface area contributed by atoms with Crippen molar-refractivity contribution in [1.82, 2.24) is 4.98 Å². The van der Waals surface area contributed by atoms with Crippen molar-refractivity contribution in [3.63, 3.8) is 0 Å². The Kier molecular flexibility index (Phi) is 4.24. The maximum Gasteiger partial charge on any atom is 0.142 e. The summed E-state index contributed by atoms with van der Waals surface area (Å²) in [5.74, 6) is 0.237. The van der Waals surface area contributed by atoms with E-state index in [1.807, 2.05) is 50.2 Å². The molecule has 0 amide bonds. The summed E-state index contributed by atoms with van der Waals surface area (Å²) >= 11 is 5.96. The minimum atomic E-state index is 0.237. The summed E-state index contributed by atoms with van der Waals surface area (Å²) in [7, 11) is 0. The minimum absolute atomic E-state index is 0.237. The molecular formula is C20H16ClN3. The molecule has 0 bridgehead atoms. The molecule has 0 atom stereocenters. The van der Waals surface area contributed by atoms with Crippen LogP contribution in [0.2, 0.25) is 5.02 Å². The molecule has 4 heteroatoms. The van der Waals surface area contributed by atoms with Crippen molar-refractivity contribution in [2.45, 2.75) is 13.8 Å². The largest absolute Gasteiger partial charge is 0.383 e. The molecular weight excluding hydrogens is 318 g/mol. The van der Waals surface area contributed by atoms with Crippen LogP contribution in [0.25, 0.3) is 22.4 Å². The van der Waals surface area contributed by atoms with Crippen LogP contribution in [-0.4, -0.2) is 4.98 Å². The van der Waals surface area contributed by atoms with Crippen molar-refractivity contribution in [2.24, 2.45) is 0 Å². The first kappa shape index (κ1) is 16.0. The summed E-state index contributed by atoms with van der Waals surface area (Å²) in [5.41, 5.74) is 12.1. The summed E-state index contributed by atoms with van der Waals surface area (Å²) in [6, 6.07) is 17.7. The molecule has 1 heterocycles. The molecule has 118 valence electrons. The van der Waals surface area contributed by atoms with Crippen LogP contribution in [-0.2, 0) is 0 Å². The highest BCUT2D eigenvalue weighted by atomic mass is 35.5. The Bertz CT molecular complexity index is 954. The number of aromatic nitrogens is 1. The molecule has 0 aliphatic rings. The summed E-state index contributed by atoms with van der Waals surface area (Å²) in [6.45, 7) is 4.05. The number of aryl methyl sites for hydroxylation is 2. The quantitative estimate of drug-likeness (QED) is 0.706. The van der Waals surface area contributed by atoms with Crippen molar-refractivity contribution in [3.8, 4) is 28.5 Å². The third kappa shape index (κ3) is 2.97. The van der Waals surface area contributed by atoms with Gasteiger partial charge in [-0.25, -0.2) is 4.98 Å². The van der Waals surface area contributed by atoms with Crippen LogP contribution >= 0.6 is 11.6 Å². The van der Waals surface area contributed by atoms with Gasteiger partial charge in [-0.2, -0.15) is 5.26 Å². The van der Waals surface area contributed by atoms with Crippen LogP contribution < -0.4 is 5.73 Å². The lowest BCUT2D eigenvalue weighted by Gasteiger charge is -2.13. The van der Waals surface area contributed by atoms with Gasteiger partial charge in [-0.1, -0.05) is 47.5 Å². The fourth-order valence-electron chi connectivity index (χ4n) is 2.69. The zero-order valence-electron chi connectivity index (χ0n) is 13.5. The molecule has 0 fully saturated rings. The number of nitriles is 1. The standard InChI is InChI=1S/C20H16ClN3/c1-12-3-4-13(2)16(9-12)17-10-19(24-20(23)18(17)11-22)14-5-7-15(21)8-6-14/h3-10H,1-2H3,(H2,23,24). The van der Waals surface area contributed by atoms with Crippen molar-refractivity contribution in [3.05, 3.63) is 70.2 Å². The Morgan fingerprint density at radius 3 is 2.38 bits per heavy atom. The molecule has 0 aliphatic heterocycles. The van der Waals surface area contributed by atoms with Gasteiger partial charge in [0, 0.05) is 16.1 Å². The highest BCUT2D eigenvalue weighted by Gasteiger charge is 2.15. The van der Waals surface area contributed by atoms with Gasteiger partial charge in [-0.05, 0) is 43.2 Å². The van der Waals surface area contributed by atoms with Gasteiger partial charge < -0.3 is 5.73 Å². The Labute approximate surface area is 146 Å². The van der Waals surface area contributed by atoms with Gasteiger partial charge in [-0.15, -0.1) is 0 Å². The van der Waals surface area contributed by atoms with Gasteiger partial charge in [0.2, 0.25) is 0 Å². The van der Waals surface area contributed by atoms with Crippen LogP contribution in [0.15, 0.2) is 48.5 Å². The van der Waals surface area contributed by atoms with Gasteiger partial charge in [0.1, 0.15) is 17.5 Å². The van der Waals surface area contributed by atoms with E-state index in [-0.39, 0.29) is 5.82 Å². The number of nitrogens with zero attached hydrogens (tertiary/aromatic N) is 2. The van der Waals surface area contributed by atoms with Crippen LogP contribution in [0.5, 0.6) is 0 Å². The third-order valence-electron chi connectivity index (χ3n) is 3.98. The summed E-state index contributed by atoms with van der Waals surface area (Å²) in [5, 5.41) is 10.2. The predicted octanol–water partition coefficient (Wildman–Crippen LogP) is 5.14. The van der Waals surface area contributed by atoms with E-state index in [1.54, 1.807) is 0 Å². The van der Waals surface area contributed by atoms with Crippen LogP contribution in [0, 0.1) is 25.2 Å². The van der Waals surface area contributed by atoms with E-state index in [2.05, 4.69) is 23.2 Å². The Morgan fingerprint density at radius 2 is 1.71 bits per heavy atom. The number of anilines is 1. The molecule has 0 saturated carbocycles. The maximum atomic E-state index is 9.53. The average molecular weight is 334 g/mol. The topological polar surface area (TPSA) is 62.7 Å². The van der Waals surface area contributed by atoms with E-state index in [0.29, 0.717) is 10.6 Å². The summed E-state index contributed by atoms with van der Waals surface area (Å²) < 4.78 is 0. The lowest BCUT2D eigenvalue weighted by molar-refractivity contribution is 1.30. The van der Waals surface area contributed by atoms with Crippen molar-refractivity contribution in [1.29, 1.82) is 5.26 Å². The van der Waals surface area contributed by atoms with Gasteiger partial charge in [0.15, 0.2) is 0 Å². The number of rotatable bonds is 2. The van der Waals surface area contributed by atoms with E-state index in [0.717, 1.165) is 33.5 Å². The second kappa shape index (κ2) is 6.35. The molecule has 2 aromatic carbocycles. The zero-order valence-corrected chi connectivity index (χ0v) is 14.2. The number of nitrogen functional groups attached to an aromatic ring is 1. The monoisotopic (exact) mass is 333 g/mol. The first-order valence-corrected chi connectivity index (χ1v) is 7.91. The van der Waals surface area contributed by atoms with Gasteiger partial charge >= 0.3 is 0 Å². The maximum absolute atomic E-state index is 9.53. The second-order valence-electron chi connectivity index (χ2n) is 5.75. The Balaban J connectivity index is 2.27.